The molecule has 0 amide bonds. The number of hydrogen-bond acceptors (Lipinski definition) is 2. The van der Waals surface area contributed by atoms with Gasteiger partial charge in [-0.05, 0) is 12.1 Å². The van der Waals surface area contributed by atoms with Crippen molar-refractivity contribution in [1.29, 1.82) is 0 Å². The first kappa shape index (κ1) is 6.08. The molecule has 1 aromatic rings. The zero-order valence-corrected chi connectivity index (χ0v) is 5.91. The molecule has 0 fully saturated rings. The highest BCUT2D eigenvalue weighted by Gasteiger charge is 2.12. The van der Waals surface area contributed by atoms with E-state index in [9.17, 15) is 0 Å². The average molecular weight is 143 g/mol. The number of aliphatic imine (C=N–C) groups is 1. The van der Waals surface area contributed by atoms with Gasteiger partial charge in [0.2, 0.25) is 5.69 Å². The van der Waals surface area contributed by atoms with E-state index in [1.165, 1.54) is 0 Å². The number of anilines is 1. The van der Waals surface area contributed by atoms with Crippen molar-refractivity contribution in [3.63, 3.8) is 0 Å². The highest BCUT2D eigenvalue weighted by atomic mass is 14.8. The smallest absolute Gasteiger partial charge is 0.211 e. The molecular weight excluding hydrogens is 136 g/mol. The minimum atomic E-state index is 0.708. The third-order valence-electron chi connectivity index (χ3n) is 1.61. The van der Waals surface area contributed by atoms with Crippen LogP contribution in [0.3, 0.4) is 0 Å². The standard InChI is InChI=1S/C9H7N2/c10-8-5-1-3-7-4-2-6-11-9(7)8/h1-5H,10H2/q+1. The summed E-state index contributed by atoms with van der Waals surface area (Å²) in [5, 5.41) is 0. The topological polar surface area (TPSA) is 38.4 Å². The van der Waals surface area contributed by atoms with Crippen molar-refractivity contribution >= 4 is 23.7 Å². The number of fused-ring (bicyclic) bond motifs is 1. The van der Waals surface area contributed by atoms with E-state index in [0.717, 1.165) is 11.3 Å². The Morgan fingerprint density at radius 2 is 2.27 bits per heavy atom. The quantitative estimate of drug-likeness (QED) is 0.437. The molecule has 2 heteroatoms. The van der Waals surface area contributed by atoms with Crippen LogP contribution in [0.1, 0.15) is 5.56 Å². The van der Waals surface area contributed by atoms with E-state index in [1.54, 1.807) is 6.08 Å². The monoisotopic (exact) mass is 143 g/mol. The predicted molar refractivity (Wildman–Crippen MR) is 47.0 cm³/mol. The van der Waals surface area contributed by atoms with Gasteiger partial charge in [0.1, 0.15) is 17.3 Å². The highest BCUT2D eigenvalue weighted by molar-refractivity contribution is 5.90. The Hall–Kier alpha value is -1.66. The number of nitrogens with two attached hydrogens (primary N) is 1. The van der Waals surface area contributed by atoms with Crippen LogP contribution in [-0.2, 0) is 0 Å². The molecule has 52 valence electrons. The molecule has 1 heterocycles. The van der Waals surface area contributed by atoms with Crippen molar-refractivity contribution in [1.82, 2.24) is 0 Å². The predicted octanol–water partition coefficient (Wildman–Crippen LogP) is 1.87. The van der Waals surface area contributed by atoms with Crippen LogP contribution in [0.2, 0.25) is 0 Å². The Bertz CT molecular complexity index is 337. The Labute approximate surface area is 65.1 Å². The molecule has 0 saturated carbocycles. The van der Waals surface area contributed by atoms with Crippen LogP contribution < -0.4 is 5.73 Å². The van der Waals surface area contributed by atoms with Gasteiger partial charge >= 0.3 is 0 Å². The molecule has 0 aliphatic carbocycles. The molecule has 0 radical (unpaired) electrons. The minimum absolute atomic E-state index is 0.708. The minimum Gasteiger partial charge on any atom is -0.386 e. The molecule has 2 rings (SSSR count). The van der Waals surface area contributed by atoms with E-state index >= 15 is 0 Å². The number of nitrogen functional groups attached to an aromatic ring is 1. The molecule has 1 aromatic carbocycles. The first-order valence-electron chi connectivity index (χ1n) is 3.39. The molecule has 0 unspecified atom stereocenters. The summed E-state index contributed by atoms with van der Waals surface area (Å²) in [6.07, 6.45) is 6.47. The van der Waals surface area contributed by atoms with Crippen molar-refractivity contribution < 1.29 is 0 Å². The zero-order chi connectivity index (χ0) is 7.68. The fraction of sp³-hybridized carbons (Fsp3) is 0. The van der Waals surface area contributed by atoms with Crippen LogP contribution in [0.15, 0.2) is 29.3 Å². The van der Waals surface area contributed by atoms with Crippen molar-refractivity contribution in [3.8, 4) is 0 Å². The summed E-state index contributed by atoms with van der Waals surface area (Å²) < 4.78 is 0. The molecule has 1 aliphatic heterocycles. The van der Waals surface area contributed by atoms with Crippen LogP contribution in [0.25, 0.3) is 6.08 Å². The first-order chi connectivity index (χ1) is 5.38. The van der Waals surface area contributed by atoms with Gasteiger partial charge in [0, 0.05) is 0 Å². The molecule has 0 spiro atoms. The van der Waals surface area contributed by atoms with Crippen LogP contribution >= 0.6 is 0 Å². The van der Waals surface area contributed by atoms with E-state index in [1.807, 2.05) is 24.3 Å². The van der Waals surface area contributed by atoms with E-state index in [-0.39, 0.29) is 0 Å². The van der Waals surface area contributed by atoms with Crippen LogP contribution in [0, 0.1) is 0 Å². The summed E-state index contributed by atoms with van der Waals surface area (Å²) in [4.78, 5) is 4.03. The second-order valence-electron chi connectivity index (χ2n) is 2.36. The van der Waals surface area contributed by atoms with E-state index < -0.39 is 0 Å². The number of allylic oxidation sites excluding steroid dienone is 1. The van der Waals surface area contributed by atoms with Crippen LogP contribution in [0.4, 0.5) is 11.4 Å². The maximum atomic E-state index is 5.67. The lowest BCUT2D eigenvalue weighted by molar-refractivity contribution is 1.50. The van der Waals surface area contributed by atoms with E-state index in [2.05, 4.69) is 11.2 Å². The number of para-hydroxylation sites is 1. The van der Waals surface area contributed by atoms with Crippen molar-refractivity contribution in [2.45, 2.75) is 0 Å². The van der Waals surface area contributed by atoms with E-state index in [4.69, 9.17) is 5.73 Å². The third-order valence-corrected chi connectivity index (χ3v) is 1.61. The number of benzene rings is 1. The maximum Gasteiger partial charge on any atom is 0.211 e. The van der Waals surface area contributed by atoms with Gasteiger partial charge in [0.25, 0.3) is 0 Å². The van der Waals surface area contributed by atoms with Crippen molar-refractivity contribution in [2.24, 2.45) is 4.99 Å². The largest absolute Gasteiger partial charge is 0.386 e. The number of hydrogen-bond donors (Lipinski definition) is 1. The lowest BCUT2D eigenvalue weighted by atomic mass is 10.1. The maximum absolute atomic E-state index is 5.67. The van der Waals surface area contributed by atoms with Gasteiger partial charge in [-0.3, -0.25) is 0 Å². The Morgan fingerprint density at radius 3 is 3.09 bits per heavy atom. The Balaban J connectivity index is 2.70. The lowest BCUT2D eigenvalue weighted by Crippen LogP contribution is -1.89. The average Bonchev–Trinajstić information content (AvgIpc) is 2.06. The SMILES string of the molecule is Nc1cccc2c1N=[C+]C=C2. The van der Waals surface area contributed by atoms with Crippen molar-refractivity contribution in [2.75, 3.05) is 5.73 Å². The normalized spacial score (nSPS) is 12.4. The Morgan fingerprint density at radius 1 is 1.36 bits per heavy atom. The molecule has 0 aromatic heterocycles. The van der Waals surface area contributed by atoms with Gasteiger partial charge in [-0.25, -0.2) is 0 Å². The van der Waals surface area contributed by atoms with Gasteiger partial charge in [-0.2, -0.15) is 0 Å². The summed E-state index contributed by atoms with van der Waals surface area (Å²) >= 11 is 0. The molecule has 0 saturated heterocycles. The number of nitrogens with zero attached hydrogens (tertiary/aromatic N) is 1. The van der Waals surface area contributed by atoms with Gasteiger partial charge in [-0.1, -0.05) is 11.1 Å². The second-order valence-corrected chi connectivity index (χ2v) is 2.36. The molecule has 2 N–H and O–H groups in total. The van der Waals surface area contributed by atoms with Crippen LogP contribution in [0.5, 0.6) is 0 Å². The molecule has 0 bridgehead atoms. The fourth-order valence-electron chi connectivity index (χ4n) is 1.07. The second kappa shape index (κ2) is 2.19. The summed E-state index contributed by atoms with van der Waals surface area (Å²) in [7, 11) is 0. The van der Waals surface area contributed by atoms with Gasteiger partial charge < -0.3 is 5.73 Å². The summed E-state index contributed by atoms with van der Waals surface area (Å²) in [5.41, 5.74) is 8.27. The summed E-state index contributed by atoms with van der Waals surface area (Å²) in [6, 6.07) is 5.73. The fourth-order valence-corrected chi connectivity index (χ4v) is 1.07. The molecule has 2 nitrogen and oxygen atoms in total. The van der Waals surface area contributed by atoms with Gasteiger partial charge in [-0.15, -0.1) is 0 Å². The molecule has 1 aliphatic rings. The van der Waals surface area contributed by atoms with Gasteiger partial charge in [0.05, 0.1) is 6.08 Å². The molecular formula is C9H7N2+. The lowest BCUT2D eigenvalue weighted by Gasteiger charge is -1.96. The number of rotatable bonds is 0. The molecule has 0 atom stereocenters. The summed E-state index contributed by atoms with van der Waals surface area (Å²) in [5.74, 6) is 0. The van der Waals surface area contributed by atoms with Gasteiger partial charge in [0.15, 0.2) is 6.21 Å². The highest BCUT2D eigenvalue weighted by Crippen LogP contribution is 2.28. The van der Waals surface area contributed by atoms with Crippen LogP contribution in [-0.4, -0.2) is 6.21 Å². The van der Waals surface area contributed by atoms with Crippen molar-refractivity contribution in [3.05, 3.63) is 29.8 Å². The first-order valence-corrected chi connectivity index (χ1v) is 3.39. The third kappa shape index (κ3) is 0.896. The Kier molecular flexibility index (Phi) is 1.21. The summed E-state index contributed by atoms with van der Waals surface area (Å²) in [6.45, 7) is 0. The zero-order valence-electron chi connectivity index (χ0n) is 5.91. The molecule has 11 heavy (non-hydrogen) atoms. The van der Waals surface area contributed by atoms with E-state index in [0.29, 0.717) is 5.69 Å².